The number of nitrogens with one attached hydrogen (secondary N) is 1. The average molecular weight is 562 g/mol. The highest BCUT2D eigenvalue weighted by Crippen LogP contribution is 2.39. The van der Waals surface area contributed by atoms with Crippen molar-refractivity contribution in [2.24, 2.45) is 0 Å². The Labute approximate surface area is 243 Å². The van der Waals surface area contributed by atoms with Crippen molar-refractivity contribution in [3.8, 4) is 23.3 Å². The number of ether oxygens (including phenoxy) is 2. The molecule has 7 nitrogen and oxygen atoms in total. The van der Waals surface area contributed by atoms with Gasteiger partial charge in [-0.15, -0.1) is 0 Å². The molecule has 0 radical (unpaired) electrons. The number of rotatable bonds is 1. The van der Waals surface area contributed by atoms with Gasteiger partial charge in [0, 0.05) is 13.1 Å². The van der Waals surface area contributed by atoms with E-state index in [1.54, 1.807) is 47.4 Å². The molecule has 1 N–H and O–H groups in total. The summed E-state index contributed by atoms with van der Waals surface area (Å²) in [7, 11) is 0. The topological polar surface area (TPSA) is 91.7 Å². The summed E-state index contributed by atoms with van der Waals surface area (Å²) >= 11 is 0. The van der Waals surface area contributed by atoms with Gasteiger partial charge in [-0.1, -0.05) is 36.4 Å². The fourth-order valence-corrected chi connectivity index (χ4v) is 5.54. The number of nitriles is 1. The van der Waals surface area contributed by atoms with E-state index in [0.717, 1.165) is 16.7 Å². The molecular weight excluding hydrogens is 533 g/mol. The molecule has 210 valence electrons. The van der Waals surface area contributed by atoms with Crippen LogP contribution in [0.15, 0.2) is 84.9 Å². The molecule has 3 heterocycles. The van der Waals surface area contributed by atoms with Crippen LogP contribution < -0.4 is 14.8 Å². The molecule has 0 saturated carbocycles. The molecule has 2 amide bonds. The van der Waals surface area contributed by atoms with Gasteiger partial charge in [-0.3, -0.25) is 9.59 Å². The second kappa shape index (κ2) is 11.8. The number of hydrogen-bond acceptors (Lipinski definition) is 5. The minimum Gasteiger partial charge on any atom is -0.494 e. The van der Waals surface area contributed by atoms with Crippen LogP contribution in [0, 0.1) is 17.1 Å². The number of carbonyl (C=O) groups is 2. The zero-order valence-electron chi connectivity index (χ0n) is 22.8. The Morgan fingerprint density at radius 2 is 1.88 bits per heavy atom. The maximum absolute atomic E-state index is 14.7. The molecule has 3 aliphatic heterocycles. The molecule has 0 aromatic heterocycles. The van der Waals surface area contributed by atoms with Gasteiger partial charge in [0.05, 0.1) is 36.3 Å². The summed E-state index contributed by atoms with van der Waals surface area (Å²) in [6, 6.07) is 26.1. The lowest BCUT2D eigenvalue weighted by molar-refractivity contribution is -0.120. The Kier molecular flexibility index (Phi) is 7.56. The Hall–Kier alpha value is -5.16. The van der Waals surface area contributed by atoms with Crippen LogP contribution in [0.5, 0.6) is 17.2 Å². The Morgan fingerprint density at radius 1 is 1.00 bits per heavy atom. The molecule has 0 aliphatic carbocycles. The van der Waals surface area contributed by atoms with Crippen molar-refractivity contribution < 1.29 is 23.5 Å². The minimum absolute atomic E-state index is 0.0385. The van der Waals surface area contributed by atoms with Crippen LogP contribution >= 0.6 is 0 Å². The molecule has 8 heteroatoms. The van der Waals surface area contributed by atoms with Gasteiger partial charge in [0.1, 0.15) is 11.5 Å². The van der Waals surface area contributed by atoms with Gasteiger partial charge in [0.2, 0.25) is 5.91 Å². The van der Waals surface area contributed by atoms with E-state index in [-0.39, 0.29) is 24.0 Å². The molecule has 0 spiro atoms. The van der Waals surface area contributed by atoms with Crippen LogP contribution in [-0.4, -0.2) is 36.4 Å². The highest BCUT2D eigenvalue weighted by Gasteiger charge is 2.34. The fraction of sp³-hybridized carbons (Fsp3) is 0.206. The summed E-state index contributed by atoms with van der Waals surface area (Å²) in [6.07, 6.45) is 1.24. The summed E-state index contributed by atoms with van der Waals surface area (Å²) in [5.41, 5.74) is 4.05. The van der Waals surface area contributed by atoms with Crippen molar-refractivity contribution >= 4 is 11.8 Å². The molecule has 0 saturated heterocycles. The SMILES string of the molecule is N#Cc1ccccc1C(=O)N1CCc2cc3ccc2C1c1cccc(c1)OCCCNC(=O)Cc1ccc(F)c(c1)O3. The number of hydrogen-bond donors (Lipinski definition) is 1. The molecule has 3 aliphatic rings. The summed E-state index contributed by atoms with van der Waals surface area (Å²) in [5, 5.41) is 12.5. The second-order valence-corrected chi connectivity index (χ2v) is 10.3. The number of amides is 2. The van der Waals surface area contributed by atoms with Crippen molar-refractivity contribution in [1.82, 2.24) is 10.2 Å². The molecule has 4 aromatic rings. The Morgan fingerprint density at radius 3 is 2.76 bits per heavy atom. The molecule has 1 unspecified atom stereocenters. The largest absolute Gasteiger partial charge is 0.494 e. The van der Waals surface area contributed by atoms with E-state index in [1.807, 2.05) is 36.4 Å². The third kappa shape index (κ3) is 5.54. The van der Waals surface area contributed by atoms with Crippen LogP contribution in [0.3, 0.4) is 0 Å². The van der Waals surface area contributed by atoms with Gasteiger partial charge in [0.15, 0.2) is 11.6 Å². The third-order valence-corrected chi connectivity index (χ3v) is 7.56. The molecule has 4 aromatic carbocycles. The smallest absolute Gasteiger partial charge is 0.255 e. The van der Waals surface area contributed by atoms with E-state index in [0.29, 0.717) is 60.7 Å². The highest BCUT2D eigenvalue weighted by atomic mass is 19.1. The maximum atomic E-state index is 14.7. The monoisotopic (exact) mass is 561 g/mol. The number of nitrogens with zero attached hydrogens (tertiary/aromatic N) is 2. The first-order valence-corrected chi connectivity index (χ1v) is 13.9. The molecule has 42 heavy (non-hydrogen) atoms. The van der Waals surface area contributed by atoms with E-state index < -0.39 is 11.9 Å². The van der Waals surface area contributed by atoms with Crippen LogP contribution in [0.25, 0.3) is 0 Å². The molecule has 0 fully saturated rings. The van der Waals surface area contributed by atoms with Crippen molar-refractivity contribution in [1.29, 1.82) is 5.26 Å². The quantitative estimate of drug-likeness (QED) is 0.321. The lowest BCUT2D eigenvalue weighted by atomic mass is 9.87. The zero-order chi connectivity index (χ0) is 29.1. The molecule has 8 bridgehead atoms. The first-order valence-electron chi connectivity index (χ1n) is 13.9. The van der Waals surface area contributed by atoms with Gasteiger partial charge in [-0.05, 0) is 83.6 Å². The van der Waals surface area contributed by atoms with Crippen LogP contribution in [0.1, 0.15) is 50.6 Å². The van der Waals surface area contributed by atoms with Gasteiger partial charge in [-0.25, -0.2) is 4.39 Å². The van der Waals surface area contributed by atoms with E-state index >= 15 is 0 Å². The Balaban J connectivity index is 1.43. The highest BCUT2D eigenvalue weighted by molar-refractivity contribution is 5.97. The first kappa shape index (κ1) is 27.0. The lowest BCUT2D eigenvalue weighted by Gasteiger charge is -2.38. The van der Waals surface area contributed by atoms with E-state index in [9.17, 15) is 19.2 Å². The maximum Gasteiger partial charge on any atom is 0.255 e. The van der Waals surface area contributed by atoms with Crippen molar-refractivity contribution in [3.63, 3.8) is 0 Å². The summed E-state index contributed by atoms with van der Waals surface area (Å²) in [4.78, 5) is 28.2. The predicted molar refractivity (Wildman–Crippen MR) is 154 cm³/mol. The molecule has 1 atom stereocenters. The van der Waals surface area contributed by atoms with Gasteiger partial charge in [-0.2, -0.15) is 5.26 Å². The van der Waals surface area contributed by atoms with E-state index in [4.69, 9.17) is 9.47 Å². The second-order valence-electron chi connectivity index (χ2n) is 10.3. The van der Waals surface area contributed by atoms with Gasteiger partial charge < -0.3 is 19.7 Å². The van der Waals surface area contributed by atoms with E-state index in [1.165, 1.54) is 6.07 Å². The fourth-order valence-electron chi connectivity index (χ4n) is 5.54. The van der Waals surface area contributed by atoms with Crippen LogP contribution in [0.2, 0.25) is 0 Å². The minimum atomic E-state index is -0.525. The Bertz CT molecular complexity index is 1710. The standard InChI is InChI=1S/C34H28FN3O4/c35-30-12-9-22-17-31(30)42-27-10-11-28-23(19-27)13-15-38(34(40)29-8-2-1-5-25(29)21-36)33(28)24-6-3-7-26(20-24)41-16-4-14-37-32(39)18-22/h1-3,5-12,17,19-20,33H,4,13-16,18H2,(H,37,39). The third-order valence-electron chi connectivity index (χ3n) is 7.56. The lowest BCUT2D eigenvalue weighted by Crippen LogP contribution is -2.41. The van der Waals surface area contributed by atoms with Crippen molar-refractivity contribution in [2.75, 3.05) is 19.7 Å². The van der Waals surface area contributed by atoms with Crippen LogP contribution in [0.4, 0.5) is 4.39 Å². The number of fused-ring (bicyclic) bond motifs is 7. The molecule has 7 rings (SSSR count). The predicted octanol–water partition coefficient (Wildman–Crippen LogP) is 5.72. The number of carbonyl (C=O) groups excluding carboxylic acids is 2. The van der Waals surface area contributed by atoms with E-state index in [2.05, 4.69) is 11.4 Å². The summed E-state index contributed by atoms with van der Waals surface area (Å²) in [6.45, 7) is 1.23. The van der Waals surface area contributed by atoms with Crippen molar-refractivity contribution in [2.45, 2.75) is 25.3 Å². The first-order chi connectivity index (χ1) is 20.5. The van der Waals surface area contributed by atoms with Crippen molar-refractivity contribution in [3.05, 3.63) is 124 Å². The summed E-state index contributed by atoms with van der Waals surface area (Å²) < 4.78 is 26.7. The number of halogens is 1. The number of benzene rings is 4. The molecular formula is C34H28FN3O4. The summed E-state index contributed by atoms with van der Waals surface area (Å²) in [5.74, 6) is 0.217. The van der Waals surface area contributed by atoms with Gasteiger partial charge >= 0.3 is 0 Å². The van der Waals surface area contributed by atoms with Crippen LogP contribution in [-0.2, 0) is 17.6 Å². The average Bonchev–Trinajstić information content (AvgIpc) is 3.01. The normalized spacial score (nSPS) is 16.5. The zero-order valence-corrected chi connectivity index (χ0v) is 22.8. The van der Waals surface area contributed by atoms with Gasteiger partial charge in [0.25, 0.3) is 5.91 Å².